The van der Waals surface area contributed by atoms with E-state index in [4.69, 9.17) is 21.1 Å². The van der Waals surface area contributed by atoms with Crippen LogP contribution in [0.15, 0.2) is 42.5 Å². The first-order valence-corrected chi connectivity index (χ1v) is 11.9. The van der Waals surface area contributed by atoms with Crippen molar-refractivity contribution in [2.24, 2.45) is 5.41 Å². The van der Waals surface area contributed by atoms with Gasteiger partial charge in [-0.1, -0.05) is 50.6 Å². The number of benzene rings is 2. The summed E-state index contributed by atoms with van der Waals surface area (Å²) in [6.07, 6.45) is -6.17. The third-order valence-corrected chi connectivity index (χ3v) is 5.92. The Bertz CT molecular complexity index is 1100. The summed E-state index contributed by atoms with van der Waals surface area (Å²) in [5, 5.41) is 0.407. The van der Waals surface area contributed by atoms with Gasteiger partial charge in [0.25, 0.3) is 0 Å². The van der Waals surface area contributed by atoms with Gasteiger partial charge in [0.2, 0.25) is 5.91 Å². The highest BCUT2D eigenvalue weighted by Crippen LogP contribution is 2.40. The van der Waals surface area contributed by atoms with E-state index in [1.165, 1.54) is 7.11 Å². The second-order valence-electron chi connectivity index (χ2n) is 9.78. The van der Waals surface area contributed by atoms with Gasteiger partial charge in [-0.2, -0.15) is 13.2 Å². The van der Waals surface area contributed by atoms with Crippen LogP contribution in [0.5, 0.6) is 5.75 Å². The zero-order chi connectivity index (χ0) is 26.7. The van der Waals surface area contributed by atoms with Gasteiger partial charge in [0.1, 0.15) is 11.9 Å². The summed E-state index contributed by atoms with van der Waals surface area (Å²) in [7, 11) is 1.50. The Morgan fingerprint density at radius 1 is 1.11 bits per heavy atom. The Balaban J connectivity index is 2.19. The number of ether oxygens (including phenoxy) is 2. The summed E-state index contributed by atoms with van der Waals surface area (Å²) in [6, 6.07) is 12.1. The van der Waals surface area contributed by atoms with Crippen molar-refractivity contribution in [1.82, 2.24) is 4.90 Å². The molecule has 1 unspecified atom stereocenters. The predicted octanol–water partition coefficient (Wildman–Crippen LogP) is 5.63. The minimum atomic E-state index is -5.06. The van der Waals surface area contributed by atoms with Gasteiger partial charge < -0.3 is 19.3 Å². The summed E-state index contributed by atoms with van der Waals surface area (Å²) < 4.78 is 51.5. The van der Waals surface area contributed by atoms with Gasteiger partial charge in [0, 0.05) is 47.9 Å². The molecule has 2 aromatic carbocycles. The molecule has 2 aromatic rings. The molecule has 1 aliphatic rings. The van der Waals surface area contributed by atoms with Crippen LogP contribution in [0.25, 0.3) is 0 Å². The first-order valence-electron chi connectivity index (χ1n) is 11.5. The largest absolute Gasteiger partial charge is 0.496 e. The number of hydrogen-bond acceptors (Lipinski definition) is 4. The Labute approximate surface area is 213 Å². The zero-order valence-corrected chi connectivity index (χ0v) is 21.4. The number of anilines is 1. The Morgan fingerprint density at radius 3 is 2.44 bits per heavy atom. The van der Waals surface area contributed by atoms with Crippen LogP contribution in [-0.4, -0.2) is 56.2 Å². The van der Waals surface area contributed by atoms with Crippen LogP contribution < -0.4 is 9.64 Å². The number of methoxy groups -OCH3 is 1. The van der Waals surface area contributed by atoms with Crippen molar-refractivity contribution in [3.63, 3.8) is 0 Å². The molecule has 0 fully saturated rings. The van der Waals surface area contributed by atoms with E-state index in [0.717, 1.165) is 0 Å². The molecule has 2 amide bonds. The van der Waals surface area contributed by atoms with Gasteiger partial charge in [0.05, 0.1) is 13.7 Å². The summed E-state index contributed by atoms with van der Waals surface area (Å²) in [5.74, 6) is -1.91. The molecule has 10 heteroatoms. The molecule has 0 bridgehead atoms. The normalized spacial score (nSPS) is 17.9. The highest BCUT2D eigenvalue weighted by molar-refractivity contribution is 6.30. The van der Waals surface area contributed by atoms with Crippen LogP contribution in [0.3, 0.4) is 0 Å². The fourth-order valence-electron chi connectivity index (χ4n) is 4.13. The first kappa shape index (κ1) is 27.8. The lowest BCUT2D eigenvalue weighted by Crippen LogP contribution is -2.45. The van der Waals surface area contributed by atoms with E-state index in [9.17, 15) is 22.8 Å². The monoisotopic (exact) mass is 526 g/mol. The van der Waals surface area contributed by atoms with E-state index in [1.807, 2.05) is 20.8 Å². The number of hydrogen-bond donors (Lipinski definition) is 0. The fraction of sp³-hybridized carbons (Fsp3) is 0.462. The van der Waals surface area contributed by atoms with Crippen LogP contribution in [0.4, 0.5) is 18.9 Å². The SMILES string of the molecule is COc1ccccc1C1OCCN(C(=O)C(F)(F)F)CCC(=O)N(CC(C)(C)C)c2ccc(Cl)cc21. The van der Waals surface area contributed by atoms with Gasteiger partial charge in [-0.05, 0) is 29.7 Å². The molecule has 196 valence electrons. The molecule has 3 rings (SSSR count). The van der Waals surface area contributed by atoms with Gasteiger partial charge in [0.15, 0.2) is 0 Å². The third-order valence-electron chi connectivity index (χ3n) is 5.69. The molecule has 36 heavy (non-hydrogen) atoms. The van der Waals surface area contributed by atoms with Gasteiger partial charge in [-0.25, -0.2) is 0 Å². The van der Waals surface area contributed by atoms with Crippen molar-refractivity contribution in [1.29, 1.82) is 0 Å². The molecule has 0 radical (unpaired) electrons. The quantitative estimate of drug-likeness (QED) is 0.520. The highest BCUT2D eigenvalue weighted by atomic mass is 35.5. The number of halogens is 4. The second-order valence-corrected chi connectivity index (χ2v) is 10.2. The lowest BCUT2D eigenvalue weighted by Gasteiger charge is -2.33. The lowest BCUT2D eigenvalue weighted by atomic mass is 9.93. The number of para-hydroxylation sites is 1. The van der Waals surface area contributed by atoms with Crippen LogP contribution in [0, 0.1) is 5.41 Å². The van der Waals surface area contributed by atoms with Crippen molar-refractivity contribution in [2.75, 3.05) is 38.3 Å². The van der Waals surface area contributed by atoms with Crippen LogP contribution in [0.1, 0.15) is 44.4 Å². The maximum Gasteiger partial charge on any atom is 0.471 e. The molecule has 6 nitrogen and oxygen atoms in total. The molecule has 0 aliphatic carbocycles. The van der Waals surface area contributed by atoms with Gasteiger partial charge >= 0.3 is 12.1 Å². The summed E-state index contributed by atoms with van der Waals surface area (Å²) in [6.45, 7) is 5.21. The van der Waals surface area contributed by atoms with Crippen molar-refractivity contribution < 1.29 is 32.2 Å². The summed E-state index contributed by atoms with van der Waals surface area (Å²) >= 11 is 6.37. The number of nitrogens with zero attached hydrogens (tertiary/aromatic N) is 2. The number of alkyl halides is 3. The molecule has 0 saturated carbocycles. The van der Waals surface area contributed by atoms with E-state index in [1.54, 1.807) is 47.4 Å². The molecular formula is C26H30ClF3N2O4. The zero-order valence-electron chi connectivity index (χ0n) is 20.7. The Kier molecular flexibility index (Phi) is 8.56. The van der Waals surface area contributed by atoms with Crippen molar-refractivity contribution in [3.05, 3.63) is 58.6 Å². The molecule has 0 spiro atoms. The second kappa shape index (κ2) is 11.1. The van der Waals surface area contributed by atoms with Crippen molar-refractivity contribution in [3.8, 4) is 5.75 Å². The minimum absolute atomic E-state index is 0.204. The molecule has 1 aliphatic heterocycles. The minimum Gasteiger partial charge on any atom is -0.496 e. The maximum atomic E-state index is 13.5. The van der Waals surface area contributed by atoms with Crippen LogP contribution in [0.2, 0.25) is 5.02 Å². The summed E-state index contributed by atoms with van der Waals surface area (Å²) in [4.78, 5) is 27.7. The van der Waals surface area contributed by atoms with Crippen LogP contribution in [-0.2, 0) is 14.3 Å². The molecule has 0 N–H and O–H groups in total. The topological polar surface area (TPSA) is 59.1 Å². The standard InChI is InChI=1S/C26H30ClF3N2O4/c1-25(2,3)16-32-20-10-9-17(27)15-19(20)23(18-7-5-6-8-21(18)35-4)36-14-13-31(12-11-22(32)33)24(34)26(28,29)30/h5-10,15,23H,11-14,16H2,1-4H3. The van der Waals surface area contributed by atoms with Gasteiger partial charge in [-0.3, -0.25) is 9.59 Å². The predicted molar refractivity (Wildman–Crippen MR) is 131 cm³/mol. The number of carbonyl (C=O) groups is 2. The summed E-state index contributed by atoms with van der Waals surface area (Å²) in [5.41, 5.74) is 1.38. The Morgan fingerprint density at radius 2 is 1.81 bits per heavy atom. The van der Waals surface area contributed by atoms with E-state index in [-0.39, 0.29) is 38.1 Å². The first-order chi connectivity index (χ1) is 16.8. The molecule has 0 aromatic heterocycles. The smallest absolute Gasteiger partial charge is 0.471 e. The number of fused-ring (bicyclic) bond motifs is 1. The average molecular weight is 527 g/mol. The van der Waals surface area contributed by atoms with Crippen LogP contribution >= 0.6 is 11.6 Å². The van der Waals surface area contributed by atoms with Crippen molar-refractivity contribution in [2.45, 2.75) is 39.5 Å². The maximum absolute atomic E-state index is 13.5. The highest BCUT2D eigenvalue weighted by Gasteiger charge is 2.43. The number of amides is 2. The van der Waals surface area contributed by atoms with Crippen molar-refractivity contribution >= 4 is 29.1 Å². The average Bonchev–Trinajstić information content (AvgIpc) is 2.82. The van der Waals surface area contributed by atoms with E-state index < -0.39 is 24.1 Å². The van der Waals surface area contributed by atoms with E-state index in [0.29, 0.717) is 32.5 Å². The van der Waals surface area contributed by atoms with E-state index in [2.05, 4.69) is 0 Å². The third kappa shape index (κ3) is 6.70. The number of carbonyl (C=O) groups excluding carboxylic acids is 2. The Hall–Kier alpha value is -2.78. The van der Waals surface area contributed by atoms with E-state index >= 15 is 0 Å². The molecule has 1 atom stereocenters. The molecule has 1 heterocycles. The molecular weight excluding hydrogens is 497 g/mol. The van der Waals surface area contributed by atoms with Gasteiger partial charge in [-0.15, -0.1) is 0 Å². The molecule has 0 saturated heterocycles. The lowest BCUT2D eigenvalue weighted by molar-refractivity contribution is -0.186. The number of rotatable bonds is 3. The fourth-order valence-corrected chi connectivity index (χ4v) is 4.31.